The molecule has 0 fully saturated rings. The van der Waals surface area contributed by atoms with Crippen molar-refractivity contribution in [2.75, 3.05) is 5.32 Å². The maximum Gasteiger partial charge on any atom is 0.0946 e. The first kappa shape index (κ1) is 10.1. The highest BCUT2D eigenvalue weighted by atomic mass is 32.1. The molecular formula is C9H13N5S. The van der Waals surface area contributed by atoms with Crippen LogP contribution < -0.4 is 5.32 Å². The minimum Gasteiger partial charge on any atom is -0.377 e. The Morgan fingerprint density at radius 3 is 3.07 bits per heavy atom. The molecule has 0 atom stereocenters. The van der Waals surface area contributed by atoms with E-state index in [0.717, 1.165) is 23.5 Å². The molecule has 1 N–H and O–H groups in total. The van der Waals surface area contributed by atoms with Crippen molar-refractivity contribution in [1.82, 2.24) is 19.4 Å². The second kappa shape index (κ2) is 4.39. The second-order valence-corrected chi connectivity index (χ2v) is 3.88. The van der Waals surface area contributed by atoms with Crippen LogP contribution in [0.4, 0.5) is 5.69 Å². The van der Waals surface area contributed by atoms with Crippen LogP contribution >= 0.6 is 11.5 Å². The van der Waals surface area contributed by atoms with Gasteiger partial charge in [0.15, 0.2) is 0 Å². The van der Waals surface area contributed by atoms with Crippen molar-refractivity contribution in [3.8, 4) is 0 Å². The van der Waals surface area contributed by atoms with Crippen LogP contribution in [0.5, 0.6) is 0 Å². The highest BCUT2D eigenvalue weighted by Gasteiger charge is 2.05. The van der Waals surface area contributed by atoms with E-state index < -0.39 is 0 Å². The number of nitrogens with zero attached hydrogens (tertiary/aromatic N) is 4. The van der Waals surface area contributed by atoms with Gasteiger partial charge in [0.05, 0.1) is 23.6 Å². The van der Waals surface area contributed by atoms with Gasteiger partial charge in [0, 0.05) is 18.6 Å². The molecule has 0 saturated carbocycles. The number of anilines is 1. The highest BCUT2D eigenvalue weighted by Crippen LogP contribution is 2.14. The van der Waals surface area contributed by atoms with Crippen LogP contribution in [-0.4, -0.2) is 19.4 Å². The maximum absolute atomic E-state index is 4.35. The summed E-state index contributed by atoms with van der Waals surface area (Å²) in [6.45, 7) is 2.80. The number of nitrogens with one attached hydrogen (secondary N) is 1. The fourth-order valence-electron chi connectivity index (χ4n) is 1.39. The molecule has 15 heavy (non-hydrogen) atoms. The first-order valence-electron chi connectivity index (χ1n) is 4.82. The molecule has 2 heterocycles. The summed E-state index contributed by atoms with van der Waals surface area (Å²) in [6.07, 6.45) is 2.91. The largest absolute Gasteiger partial charge is 0.377 e. The van der Waals surface area contributed by atoms with E-state index in [-0.39, 0.29) is 0 Å². The van der Waals surface area contributed by atoms with E-state index in [1.807, 2.05) is 23.3 Å². The van der Waals surface area contributed by atoms with Crippen molar-refractivity contribution < 1.29 is 0 Å². The molecule has 80 valence electrons. The monoisotopic (exact) mass is 223 g/mol. The van der Waals surface area contributed by atoms with Crippen molar-refractivity contribution in [2.45, 2.75) is 19.9 Å². The minimum absolute atomic E-state index is 0.704. The Morgan fingerprint density at radius 2 is 2.40 bits per heavy atom. The Bertz CT molecular complexity index is 420. The third-order valence-electron chi connectivity index (χ3n) is 2.11. The predicted molar refractivity (Wildman–Crippen MR) is 59.8 cm³/mol. The topological polar surface area (TPSA) is 55.6 Å². The molecule has 6 heteroatoms. The van der Waals surface area contributed by atoms with Gasteiger partial charge < -0.3 is 5.32 Å². The lowest BCUT2D eigenvalue weighted by Crippen LogP contribution is -2.01. The van der Waals surface area contributed by atoms with Gasteiger partial charge in [-0.05, 0) is 18.0 Å². The smallest absolute Gasteiger partial charge is 0.0946 e. The van der Waals surface area contributed by atoms with Gasteiger partial charge in [0.25, 0.3) is 0 Å². The van der Waals surface area contributed by atoms with Crippen LogP contribution in [0.25, 0.3) is 0 Å². The molecule has 0 spiro atoms. The SMILES string of the molecule is CCc1nn(C)cc1NCc1csnn1. The van der Waals surface area contributed by atoms with E-state index in [1.54, 1.807) is 0 Å². The van der Waals surface area contributed by atoms with Crippen LogP contribution in [0.15, 0.2) is 11.6 Å². The standard InChI is InChI=1S/C9H13N5S/c1-3-8-9(5-14(2)12-8)10-4-7-6-15-13-11-7/h5-6,10H,3-4H2,1-2H3. The Morgan fingerprint density at radius 1 is 1.53 bits per heavy atom. The normalized spacial score (nSPS) is 10.5. The molecule has 2 aromatic rings. The van der Waals surface area contributed by atoms with Crippen LogP contribution in [0.2, 0.25) is 0 Å². The maximum atomic E-state index is 4.35. The number of aryl methyl sites for hydroxylation is 2. The molecule has 0 aromatic carbocycles. The van der Waals surface area contributed by atoms with Gasteiger partial charge in [-0.1, -0.05) is 11.4 Å². The fraction of sp³-hybridized carbons (Fsp3) is 0.444. The summed E-state index contributed by atoms with van der Waals surface area (Å²) >= 11 is 1.37. The summed E-state index contributed by atoms with van der Waals surface area (Å²) < 4.78 is 5.63. The molecular weight excluding hydrogens is 210 g/mol. The molecule has 0 radical (unpaired) electrons. The molecule has 0 saturated heterocycles. The van der Waals surface area contributed by atoms with E-state index in [4.69, 9.17) is 0 Å². The summed E-state index contributed by atoms with van der Waals surface area (Å²) in [5.41, 5.74) is 3.12. The fourth-order valence-corrected chi connectivity index (χ4v) is 1.84. The highest BCUT2D eigenvalue weighted by molar-refractivity contribution is 7.03. The van der Waals surface area contributed by atoms with E-state index >= 15 is 0 Å². The summed E-state index contributed by atoms with van der Waals surface area (Å²) in [5, 5.41) is 13.6. The van der Waals surface area contributed by atoms with E-state index in [2.05, 4.69) is 26.9 Å². The van der Waals surface area contributed by atoms with Crippen LogP contribution in [0, 0.1) is 0 Å². The van der Waals surface area contributed by atoms with Crippen molar-refractivity contribution >= 4 is 17.2 Å². The summed E-state index contributed by atoms with van der Waals surface area (Å²) in [7, 11) is 1.93. The third-order valence-corrected chi connectivity index (χ3v) is 2.66. The number of hydrogen-bond acceptors (Lipinski definition) is 5. The molecule has 0 aliphatic heterocycles. The first-order chi connectivity index (χ1) is 7.29. The van der Waals surface area contributed by atoms with Crippen molar-refractivity contribution in [2.24, 2.45) is 7.05 Å². The van der Waals surface area contributed by atoms with Crippen LogP contribution in [-0.2, 0) is 20.0 Å². The average Bonchev–Trinajstić information content (AvgIpc) is 2.83. The van der Waals surface area contributed by atoms with Gasteiger partial charge in [0.2, 0.25) is 0 Å². The van der Waals surface area contributed by atoms with Crippen LogP contribution in [0.3, 0.4) is 0 Å². The third kappa shape index (κ3) is 2.33. The molecule has 5 nitrogen and oxygen atoms in total. The average molecular weight is 223 g/mol. The molecule has 0 aliphatic rings. The van der Waals surface area contributed by atoms with Gasteiger partial charge >= 0.3 is 0 Å². The molecule has 2 rings (SSSR count). The summed E-state index contributed by atoms with van der Waals surface area (Å²) in [4.78, 5) is 0. The zero-order valence-corrected chi connectivity index (χ0v) is 9.58. The molecule has 0 bridgehead atoms. The predicted octanol–water partition coefficient (Wildman–Crippen LogP) is 1.45. The van der Waals surface area contributed by atoms with Crippen LogP contribution in [0.1, 0.15) is 18.3 Å². The Balaban J connectivity index is 2.04. The van der Waals surface area contributed by atoms with Gasteiger partial charge in [-0.25, -0.2) is 0 Å². The number of aromatic nitrogens is 4. The number of hydrogen-bond donors (Lipinski definition) is 1. The summed E-state index contributed by atoms with van der Waals surface area (Å²) in [6, 6.07) is 0. The van der Waals surface area contributed by atoms with E-state index in [1.165, 1.54) is 11.5 Å². The number of rotatable bonds is 4. The Kier molecular flexibility index (Phi) is 2.96. The molecule has 0 aliphatic carbocycles. The lowest BCUT2D eigenvalue weighted by Gasteiger charge is -2.01. The van der Waals surface area contributed by atoms with Gasteiger partial charge in [-0.3, -0.25) is 4.68 Å². The van der Waals surface area contributed by atoms with Crippen molar-refractivity contribution in [3.63, 3.8) is 0 Å². The zero-order valence-electron chi connectivity index (χ0n) is 8.77. The van der Waals surface area contributed by atoms with Crippen molar-refractivity contribution in [1.29, 1.82) is 0 Å². The van der Waals surface area contributed by atoms with E-state index in [9.17, 15) is 0 Å². The Labute approximate surface area is 92.3 Å². The van der Waals surface area contributed by atoms with Crippen molar-refractivity contribution in [3.05, 3.63) is 23.0 Å². The minimum atomic E-state index is 0.704. The lowest BCUT2D eigenvalue weighted by molar-refractivity contribution is 0.746. The van der Waals surface area contributed by atoms with Gasteiger partial charge in [-0.2, -0.15) is 5.10 Å². The zero-order chi connectivity index (χ0) is 10.7. The van der Waals surface area contributed by atoms with Gasteiger partial charge in [0.1, 0.15) is 0 Å². The van der Waals surface area contributed by atoms with E-state index in [0.29, 0.717) is 6.54 Å². The molecule has 0 unspecified atom stereocenters. The first-order valence-corrected chi connectivity index (χ1v) is 5.65. The second-order valence-electron chi connectivity index (χ2n) is 3.27. The lowest BCUT2D eigenvalue weighted by atomic mass is 10.3. The summed E-state index contributed by atoms with van der Waals surface area (Å²) in [5.74, 6) is 0. The van der Waals surface area contributed by atoms with Gasteiger partial charge in [-0.15, -0.1) is 5.10 Å². The molecule has 0 amide bonds. The molecule has 2 aromatic heterocycles. The Hall–Kier alpha value is -1.43. The quantitative estimate of drug-likeness (QED) is 0.852.